The Bertz CT molecular complexity index is 572. The lowest BCUT2D eigenvalue weighted by Crippen LogP contribution is -2.37. The van der Waals surface area contributed by atoms with Crippen LogP contribution in [0.25, 0.3) is 0 Å². The van der Waals surface area contributed by atoms with E-state index in [1.807, 2.05) is 4.90 Å². The number of pyridine rings is 1. The number of nitrogens with one attached hydrogen (secondary N) is 1. The lowest BCUT2D eigenvalue weighted by atomic mass is 10.2. The third-order valence-corrected chi connectivity index (χ3v) is 4.16. The summed E-state index contributed by atoms with van der Waals surface area (Å²) in [6, 6.07) is 1.47. The van der Waals surface area contributed by atoms with Gasteiger partial charge >= 0.3 is 0 Å². The van der Waals surface area contributed by atoms with Crippen LogP contribution in [-0.2, 0) is 16.0 Å². The number of guanidine groups is 1. The smallest absolute Gasteiger partial charge is 0.189 e. The molecule has 7 nitrogen and oxygen atoms in total. The molecule has 3 heterocycles. The molecule has 132 valence electrons. The molecule has 2 aliphatic heterocycles. The molecule has 1 atom stereocenters. The van der Waals surface area contributed by atoms with Crippen molar-refractivity contribution in [1.82, 2.24) is 10.3 Å². The summed E-state index contributed by atoms with van der Waals surface area (Å²) < 4.78 is 25.0. The quantitative estimate of drug-likeness (QED) is 0.606. The number of nitrogens with two attached hydrogens (primary N) is 1. The van der Waals surface area contributed by atoms with E-state index in [4.69, 9.17) is 15.2 Å². The number of rotatable bonds is 5. The van der Waals surface area contributed by atoms with Gasteiger partial charge in [0.15, 0.2) is 17.6 Å². The molecule has 3 rings (SSSR count). The Morgan fingerprint density at radius 1 is 1.42 bits per heavy atom. The second-order valence-electron chi connectivity index (χ2n) is 5.97. The summed E-state index contributed by atoms with van der Waals surface area (Å²) in [4.78, 5) is 10.4. The zero-order valence-corrected chi connectivity index (χ0v) is 13.7. The van der Waals surface area contributed by atoms with Crippen molar-refractivity contribution >= 4 is 11.8 Å². The van der Waals surface area contributed by atoms with Crippen LogP contribution in [0.5, 0.6) is 0 Å². The molecule has 2 aliphatic rings. The van der Waals surface area contributed by atoms with Gasteiger partial charge in [-0.25, -0.2) is 14.4 Å². The van der Waals surface area contributed by atoms with Crippen LogP contribution in [0, 0.1) is 5.82 Å². The van der Waals surface area contributed by atoms with Crippen LogP contribution in [0.1, 0.15) is 18.4 Å². The van der Waals surface area contributed by atoms with E-state index >= 15 is 0 Å². The third-order valence-electron chi connectivity index (χ3n) is 4.16. The van der Waals surface area contributed by atoms with Gasteiger partial charge in [0.05, 0.1) is 25.9 Å². The molecular weight excluding hydrogens is 313 g/mol. The Labute approximate surface area is 141 Å². The minimum absolute atomic E-state index is 0.200. The average Bonchev–Trinajstić information content (AvgIpc) is 3.12. The normalized spacial score (nSPS) is 22.0. The maximum Gasteiger partial charge on any atom is 0.189 e. The second-order valence-corrected chi connectivity index (χ2v) is 5.97. The highest BCUT2D eigenvalue weighted by Crippen LogP contribution is 2.18. The summed E-state index contributed by atoms with van der Waals surface area (Å²) >= 11 is 0. The van der Waals surface area contributed by atoms with Crippen molar-refractivity contribution in [2.45, 2.75) is 25.5 Å². The Morgan fingerprint density at radius 3 is 2.96 bits per heavy atom. The summed E-state index contributed by atoms with van der Waals surface area (Å²) in [6.07, 6.45) is 3.97. The topological polar surface area (TPSA) is 85.0 Å². The summed E-state index contributed by atoms with van der Waals surface area (Å²) in [5.41, 5.74) is 6.52. The number of aliphatic imine (C=N–C) groups is 1. The van der Waals surface area contributed by atoms with Gasteiger partial charge < -0.3 is 25.4 Å². The molecule has 0 amide bonds. The predicted molar refractivity (Wildman–Crippen MR) is 89.5 cm³/mol. The molecule has 8 heteroatoms. The molecule has 3 N–H and O–H groups in total. The van der Waals surface area contributed by atoms with Crippen LogP contribution in [0.4, 0.5) is 10.2 Å². The van der Waals surface area contributed by atoms with Crippen LogP contribution < -0.4 is 16.0 Å². The number of morpholine rings is 1. The van der Waals surface area contributed by atoms with Gasteiger partial charge in [0, 0.05) is 32.4 Å². The van der Waals surface area contributed by atoms with Crippen LogP contribution in [0.3, 0.4) is 0 Å². The Morgan fingerprint density at radius 2 is 2.25 bits per heavy atom. The van der Waals surface area contributed by atoms with Gasteiger partial charge in [-0.1, -0.05) is 0 Å². The van der Waals surface area contributed by atoms with E-state index in [0.717, 1.165) is 19.4 Å². The molecule has 0 bridgehead atoms. The maximum absolute atomic E-state index is 14.3. The Balaban J connectivity index is 1.52. The van der Waals surface area contributed by atoms with Gasteiger partial charge in [0.25, 0.3) is 0 Å². The molecule has 0 saturated carbocycles. The van der Waals surface area contributed by atoms with E-state index in [1.165, 1.54) is 6.07 Å². The average molecular weight is 337 g/mol. The van der Waals surface area contributed by atoms with Gasteiger partial charge in [-0.05, 0) is 24.5 Å². The number of ether oxygens (including phenoxy) is 2. The zero-order valence-electron chi connectivity index (χ0n) is 13.7. The molecular formula is C16H24FN5O2. The third kappa shape index (κ3) is 4.55. The second kappa shape index (κ2) is 8.25. The van der Waals surface area contributed by atoms with E-state index in [9.17, 15) is 4.39 Å². The van der Waals surface area contributed by atoms with Crippen molar-refractivity contribution in [2.75, 3.05) is 44.4 Å². The molecule has 24 heavy (non-hydrogen) atoms. The SMILES string of the molecule is NC(=NCc1cnc(N2CCOCC2)c(F)c1)NCC1CCCO1. The van der Waals surface area contributed by atoms with Crippen LogP contribution in [0.15, 0.2) is 17.3 Å². The largest absolute Gasteiger partial charge is 0.378 e. The molecule has 0 spiro atoms. The molecule has 2 fully saturated rings. The van der Waals surface area contributed by atoms with Gasteiger partial charge in [0.1, 0.15) is 0 Å². The van der Waals surface area contributed by atoms with E-state index in [-0.39, 0.29) is 18.5 Å². The molecule has 1 aromatic rings. The number of hydrogen-bond donors (Lipinski definition) is 2. The van der Waals surface area contributed by atoms with Crippen LogP contribution >= 0.6 is 0 Å². The van der Waals surface area contributed by atoms with E-state index in [0.29, 0.717) is 50.2 Å². The lowest BCUT2D eigenvalue weighted by molar-refractivity contribution is 0.114. The molecule has 1 unspecified atom stereocenters. The first-order valence-electron chi connectivity index (χ1n) is 8.35. The fourth-order valence-electron chi connectivity index (χ4n) is 2.82. The number of hydrogen-bond acceptors (Lipinski definition) is 5. The fourth-order valence-corrected chi connectivity index (χ4v) is 2.82. The molecule has 1 aromatic heterocycles. The highest BCUT2D eigenvalue weighted by Gasteiger charge is 2.17. The number of halogens is 1. The summed E-state index contributed by atoms with van der Waals surface area (Å²) in [6.45, 7) is 4.25. The molecule has 2 saturated heterocycles. The minimum Gasteiger partial charge on any atom is -0.378 e. The fraction of sp³-hybridized carbons (Fsp3) is 0.625. The van der Waals surface area contributed by atoms with Gasteiger partial charge in [0.2, 0.25) is 0 Å². The van der Waals surface area contributed by atoms with Crippen molar-refractivity contribution < 1.29 is 13.9 Å². The van der Waals surface area contributed by atoms with Crippen molar-refractivity contribution in [3.63, 3.8) is 0 Å². The van der Waals surface area contributed by atoms with Gasteiger partial charge in [-0.2, -0.15) is 0 Å². The molecule has 0 aromatic carbocycles. The number of nitrogens with zero attached hydrogens (tertiary/aromatic N) is 3. The zero-order chi connectivity index (χ0) is 16.8. The standard InChI is InChI=1S/C16H24FN5O2/c17-14-8-12(9-19-15(14)22-3-6-23-7-4-22)10-20-16(18)21-11-13-2-1-5-24-13/h8-9,13H,1-7,10-11H2,(H3,18,20,21). The first-order chi connectivity index (χ1) is 11.7. The molecule has 0 radical (unpaired) electrons. The van der Waals surface area contributed by atoms with Crippen molar-refractivity contribution in [3.8, 4) is 0 Å². The Kier molecular flexibility index (Phi) is 5.81. The van der Waals surface area contributed by atoms with Crippen molar-refractivity contribution in [1.29, 1.82) is 0 Å². The van der Waals surface area contributed by atoms with Gasteiger partial charge in [-0.15, -0.1) is 0 Å². The lowest BCUT2D eigenvalue weighted by Gasteiger charge is -2.28. The summed E-state index contributed by atoms with van der Waals surface area (Å²) in [7, 11) is 0. The van der Waals surface area contributed by atoms with E-state index in [2.05, 4.69) is 15.3 Å². The maximum atomic E-state index is 14.3. The monoisotopic (exact) mass is 337 g/mol. The van der Waals surface area contributed by atoms with E-state index < -0.39 is 0 Å². The number of aromatic nitrogens is 1. The van der Waals surface area contributed by atoms with Crippen LogP contribution in [0.2, 0.25) is 0 Å². The summed E-state index contributed by atoms with van der Waals surface area (Å²) in [5, 5.41) is 3.04. The number of anilines is 1. The first kappa shape index (κ1) is 16.9. The van der Waals surface area contributed by atoms with Crippen molar-refractivity contribution in [3.05, 3.63) is 23.6 Å². The Hall–Kier alpha value is -1.93. The van der Waals surface area contributed by atoms with Crippen LogP contribution in [-0.4, -0.2) is 56.5 Å². The van der Waals surface area contributed by atoms with Crippen molar-refractivity contribution in [2.24, 2.45) is 10.7 Å². The predicted octanol–water partition coefficient (Wildman–Crippen LogP) is 0.641. The minimum atomic E-state index is -0.338. The summed E-state index contributed by atoms with van der Waals surface area (Å²) in [5.74, 6) is 0.370. The van der Waals surface area contributed by atoms with Gasteiger partial charge in [-0.3, -0.25) is 0 Å². The van der Waals surface area contributed by atoms with E-state index in [1.54, 1.807) is 6.20 Å². The highest BCUT2D eigenvalue weighted by atomic mass is 19.1. The first-order valence-corrected chi connectivity index (χ1v) is 8.35. The molecule has 0 aliphatic carbocycles. The highest BCUT2D eigenvalue weighted by molar-refractivity contribution is 5.77.